The number of aromatic hydroxyl groups is 1. The van der Waals surface area contributed by atoms with Gasteiger partial charge in [0.05, 0.1) is 23.5 Å². The van der Waals surface area contributed by atoms with E-state index < -0.39 is 5.97 Å². The highest BCUT2D eigenvalue weighted by Crippen LogP contribution is 2.32. The molecule has 3 rings (SSSR count). The average Bonchev–Trinajstić information content (AvgIpc) is 3.09. The third-order valence-corrected chi connectivity index (χ3v) is 5.56. The van der Waals surface area contributed by atoms with E-state index in [4.69, 9.17) is 4.74 Å². The van der Waals surface area contributed by atoms with Gasteiger partial charge in [-0.05, 0) is 49.4 Å². The van der Waals surface area contributed by atoms with Crippen LogP contribution in [-0.4, -0.2) is 44.1 Å². The maximum absolute atomic E-state index is 12.3. The van der Waals surface area contributed by atoms with Gasteiger partial charge in [0.15, 0.2) is 11.0 Å². The second kappa shape index (κ2) is 9.77. The molecule has 1 heterocycles. The van der Waals surface area contributed by atoms with Crippen LogP contribution in [0.15, 0.2) is 52.1 Å². The molecule has 0 aliphatic heterocycles. The van der Waals surface area contributed by atoms with Crippen LogP contribution in [0.25, 0.3) is 11.4 Å². The molecule has 0 bridgehead atoms. The van der Waals surface area contributed by atoms with Crippen LogP contribution < -0.4 is 5.32 Å². The number of phenolic OH excluding ortho intramolecular Hbond substituents is 1. The summed E-state index contributed by atoms with van der Waals surface area (Å²) in [5, 5.41) is 21.6. The zero-order chi connectivity index (χ0) is 21.7. The minimum absolute atomic E-state index is 0.0919. The molecule has 0 unspecified atom stereocenters. The van der Waals surface area contributed by atoms with Gasteiger partial charge in [0.2, 0.25) is 5.91 Å². The molecule has 2 N–H and O–H groups in total. The van der Waals surface area contributed by atoms with Crippen LogP contribution in [0.5, 0.6) is 5.75 Å². The topological polar surface area (TPSA) is 106 Å². The Balaban J connectivity index is 1.61. The molecule has 30 heavy (non-hydrogen) atoms. The molecule has 3 aromatic rings. The Kier molecular flexibility index (Phi) is 7.11. The highest BCUT2D eigenvalue weighted by Gasteiger charge is 2.16. The molecule has 0 aliphatic carbocycles. The Morgan fingerprint density at radius 2 is 1.93 bits per heavy atom. The van der Waals surface area contributed by atoms with Gasteiger partial charge in [-0.1, -0.05) is 27.7 Å². The third-order valence-electron chi connectivity index (χ3n) is 4.05. The molecule has 0 atom stereocenters. The Labute approximate surface area is 185 Å². The molecule has 8 nitrogen and oxygen atoms in total. The van der Waals surface area contributed by atoms with Crippen molar-refractivity contribution >= 4 is 45.3 Å². The Morgan fingerprint density at radius 3 is 2.63 bits per heavy atom. The van der Waals surface area contributed by atoms with E-state index in [-0.39, 0.29) is 17.4 Å². The highest BCUT2D eigenvalue weighted by molar-refractivity contribution is 9.10. The predicted octanol–water partition coefficient (Wildman–Crippen LogP) is 3.86. The number of carbonyl (C=O) groups is 2. The van der Waals surface area contributed by atoms with Gasteiger partial charge in [0, 0.05) is 17.2 Å². The highest BCUT2D eigenvalue weighted by atomic mass is 79.9. The van der Waals surface area contributed by atoms with E-state index in [0.717, 1.165) is 4.47 Å². The molecule has 0 fully saturated rings. The lowest BCUT2D eigenvalue weighted by Crippen LogP contribution is -2.14. The van der Waals surface area contributed by atoms with E-state index in [0.29, 0.717) is 34.4 Å². The molecule has 0 saturated heterocycles. The minimum Gasteiger partial charge on any atom is -0.507 e. The van der Waals surface area contributed by atoms with Gasteiger partial charge in [-0.2, -0.15) is 0 Å². The first-order valence-electron chi connectivity index (χ1n) is 8.97. The standard InChI is InChI=1S/C20H19BrN4O4S/c1-3-29-19(28)12-4-7-14(8-5-12)22-17(27)11-30-20-24-23-18(25(20)2)15-10-13(21)6-9-16(15)26/h4-10,26H,3,11H2,1-2H3,(H,22,27). The lowest BCUT2D eigenvalue weighted by Gasteiger charge is -2.07. The summed E-state index contributed by atoms with van der Waals surface area (Å²) in [6.45, 7) is 2.05. The number of nitrogens with one attached hydrogen (secondary N) is 1. The lowest BCUT2D eigenvalue weighted by atomic mass is 10.2. The van der Waals surface area contributed by atoms with Crippen LogP contribution in [-0.2, 0) is 16.6 Å². The number of nitrogens with zero attached hydrogens (tertiary/aromatic N) is 3. The van der Waals surface area contributed by atoms with Gasteiger partial charge in [0.1, 0.15) is 5.75 Å². The molecule has 0 aliphatic rings. The van der Waals surface area contributed by atoms with Crippen LogP contribution in [0.2, 0.25) is 0 Å². The van der Waals surface area contributed by atoms with E-state index in [1.54, 1.807) is 61.0 Å². The van der Waals surface area contributed by atoms with Crippen LogP contribution in [0, 0.1) is 0 Å². The summed E-state index contributed by atoms with van der Waals surface area (Å²) in [4.78, 5) is 23.9. The predicted molar refractivity (Wildman–Crippen MR) is 118 cm³/mol. The third kappa shape index (κ3) is 5.19. The van der Waals surface area contributed by atoms with Crippen molar-refractivity contribution in [2.45, 2.75) is 12.1 Å². The quantitative estimate of drug-likeness (QED) is 0.382. The Hall–Kier alpha value is -2.85. The zero-order valence-corrected chi connectivity index (χ0v) is 18.7. The number of thioether (sulfide) groups is 1. The number of amides is 1. The molecule has 2 aromatic carbocycles. The fourth-order valence-electron chi connectivity index (χ4n) is 2.59. The molecule has 1 amide bonds. The van der Waals surface area contributed by atoms with Gasteiger partial charge in [-0.25, -0.2) is 4.79 Å². The van der Waals surface area contributed by atoms with E-state index in [1.165, 1.54) is 11.8 Å². The van der Waals surface area contributed by atoms with Crippen molar-refractivity contribution in [2.24, 2.45) is 7.05 Å². The summed E-state index contributed by atoms with van der Waals surface area (Å²) in [5.41, 5.74) is 1.54. The summed E-state index contributed by atoms with van der Waals surface area (Å²) in [6.07, 6.45) is 0. The number of rotatable bonds is 7. The Morgan fingerprint density at radius 1 is 1.20 bits per heavy atom. The summed E-state index contributed by atoms with van der Waals surface area (Å²) >= 11 is 4.60. The maximum Gasteiger partial charge on any atom is 0.338 e. The van der Waals surface area contributed by atoms with Crippen molar-refractivity contribution in [1.29, 1.82) is 0 Å². The summed E-state index contributed by atoms with van der Waals surface area (Å²) in [7, 11) is 1.77. The number of hydrogen-bond donors (Lipinski definition) is 2. The fourth-order valence-corrected chi connectivity index (χ4v) is 3.67. The number of carbonyl (C=O) groups excluding carboxylic acids is 2. The number of benzene rings is 2. The van der Waals surface area contributed by atoms with Crippen LogP contribution in [0.3, 0.4) is 0 Å². The number of aromatic nitrogens is 3. The van der Waals surface area contributed by atoms with Crippen LogP contribution in [0.1, 0.15) is 17.3 Å². The van der Waals surface area contributed by atoms with Crippen molar-refractivity contribution in [3.8, 4) is 17.1 Å². The SMILES string of the molecule is CCOC(=O)c1ccc(NC(=O)CSc2nnc(-c3cc(Br)ccc3O)n2C)cc1. The molecule has 1 aromatic heterocycles. The number of halogens is 1. The number of ether oxygens (including phenoxy) is 1. The summed E-state index contributed by atoms with van der Waals surface area (Å²) in [5.74, 6) is 0.0792. The van der Waals surface area contributed by atoms with E-state index in [1.807, 2.05) is 0 Å². The number of anilines is 1. The van der Waals surface area contributed by atoms with E-state index in [2.05, 4.69) is 31.4 Å². The first-order valence-corrected chi connectivity index (χ1v) is 10.7. The molecule has 156 valence electrons. The normalized spacial score (nSPS) is 10.6. The monoisotopic (exact) mass is 490 g/mol. The minimum atomic E-state index is -0.402. The van der Waals surface area contributed by atoms with Crippen molar-refractivity contribution in [3.63, 3.8) is 0 Å². The first-order chi connectivity index (χ1) is 14.4. The van der Waals surface area contributed by atoms with Crippen molar-refractivity contribution in [3.05, 3.63) is 52.5 Å². The van der Waals surface area contributed by atoms with Crippen molar-refractivity contribution in [1.82, 2.24) is 14.8 Å². The summed E-state index contributed by atoms with van der Waals surface area (Å²) in [6, 6.07) is 11.5. The largest absolute Gasteiger partial charge is 0.507 e. The van der Waals surface area contributed by atoms with Gasteiger partial charge < -0.3 is 19.7 Å². The van der Waals surface area contributed by atoms with Crippen molar-refractivity contribution < 1.29 is 19.4 Å². The lowest BCUT2D eigenvalue weighted by molar-refractivity contribution is -0.113. The second-order valence-corrected chi connectivity index (χ2v) is 8.02. The molecular weight excluding hydrogens is 472 g/mol. The van der Waals surface area contributed by atoms with E-state index >= 15 is 0 Å². The smallest absolute Gasteiger partial charge is 0.338 e. The summed E-state index contributed by atoms with van der Waals surface area (Å²) < 4.78 is 7.45. The molecule has 0 radical (unpaired) electrons. The fraction of sp³-hybridized carbons (Fsp3) is 0.200. The van der Waals surface area contributed by atoms with Gasteiger partial charge in [-0.3, -0.25) is 4.79 Å². The second-order valence-electron chi connectivity index (χ2n) is 6.16. The maximum atomic E-state index is 12.3. The van der Waals surface area contributed by atoms with E-state index in [9.17, 15) is 14.7 Å². The average molecular weight is 491 g/mol. The number of phenols is 1. The molecular formula is C20H19BrN4O4S. The molecule has 0 saturated carbocycles. The van der Waals surface area contributed by atoms with Crippen molar-refractivity contribution in [2.75, 3.05) is 17.7 Å². The van der Waals surface area contributed by atoms with Gasteiger partial charge in [-0.15, -0.1) is 10.2 Å². The van der Waals surface area contributed by atoms with Crippen LogP contribution in [0.4, 0.5) is 5.69 Å². The first kappa shape index (κ1) is 21.8. The zero-order valence-electron chi connectivity index (χ0n) is 16.3. The van der Waals surface area contributed by atoms with Crippen LogP contribution >= 0.6 is 27.7 Å². The number of esters is 1. The van der Waals surface area contributed by atoms with Gasteiger partial charge in [0.25, 0.3) is 0 Å². The Bertz CT molecular complexity index is 1070. The molecule has 10 heteroatoms. The van der Waals surface area contributed by atoms with Gasteiger partial charge >= 0.3 is 5.97 Å². The molecule has 0 spiro atoms. The number of hydrogen-bond acceptors (Lipinski definition) is 7.